The lowest BCUT2D eigenvalue weighted by Gasteiger charge is -2.30. The third-order valence-electron chi connectivity index (χ3n) is 7.57. The number of phenols is 1. The van der Waals surface area contributed by atoms with Crippen LogP contribution in [-0.4, -0.2) is 11.0 Å². The lowest BCUT2D eigenvalue weighted by molar-refractivity contribution is -0.118. The number of carbonyl (C=O) groups is 1. The SMILES string of the molecule is CCCCCCCCCCCCCCCCC(CC(N)=O)c1cc(C(C)(C)C)c(O)c(C(C)(C)C)c1. The van der Waals surface area contributed by atoms with Crippen LogP contribution in [0, 0.1) is 0 Å². The summed E-state index contributed by atoms with van der Waals surface area (Å²) in [6.45, 7) is 15.1. The fraction of sp³-hybridized carbons (Fsp3) is 0.788. The number of nitrogens with two attached hydrogens (primary N) is 1. The van der Waals surface area contributed by atoms with Crippen molar-refractivity contribution in [1.82, 2.24) is 0 Å². The third-order valence-corrected chi connectivity index (χ3v) is 7.57. The maximum atomic E-state index is 11.9. The number of unbranched alkanes of at least 4 members (excludes halogenated alkanes) is 13. The molecule has 36 heavy (non-hydrogen) atoms. The van der Waals surface area contributed by atoms with E-state index in [4.69, 9.17) is 5.73 Å². The Morgan fingerprint density at radius 2 is 1.08 bits per heavy atom. The molecule has 1 aromatic carbocycles. The van der Waals surface area contributed by atoms with Crippen molar-refractivity contribution in [3.8, 4) is 5.75 Å². The van der Waals surface area contributed by atoms with E-state index in [9.17, 15) is 9.90 Å². The van der Waals surface area contributed by atoms with Gasteiger partial charge in [-0.15, -0.1) is 0 Å². The van der Waals surface area contributed by atoms with Gasteiger partial charge in [-0.1, -0.05) is 150 Å². The van der Waals surface area contributed by atoms with Crippen LogP contribution in [0.5, 0.6) is 5.75 Å². The quantitative estimate of drug-likeness (QED) is 0.197. The number of carbonyl (C=O) groups excluding carboxylic acids is 1. The van der Waals surface area contributed by atoms with Crippen molar-refractivity contribution < 1.29 is 9.90 Å². The van der Waals surface area contributed by atoms with Gasteiger partial charge in [0.2, 0.25) is 5.91 Å². The highest BCUT2D eigenvalue weighted by atomic mass is 16.3. The highest BCUT2D eigenvalue weighted by Crippen LogP contribution is 2.42. The van der Waals surface area contributed by atoms with Crippen molar-refractivity contribution in [3.63, 3.8) is 0 Å². The number of benzene rings is 1. The molecule has 208 valence electrons. The van der Waals surface area contributed by atoms with Crippen LogP contribution in [0.2, 0.25) is 0 Å². The van der Waals surface area contributed by atoms with Crippen molar-refractivity contribution in [2.75, 3.05) is 0 Å². The van der Waals surface area contributed by atoms with Crippen molar-refractivity contribution in [3.05, 3.63) is 28.8 Å². The maximum Gasteiger partial charge on any atom is 0.218 e. The summed E-state index contributed by atoms with van der Waals surface area (Å²) in [6, 6.07) is 4.25. The van der Waals surface area contributed by atoms with Crippen LogP contribution < -0.4 is 5.73 Å². The number of aromatic hydroxyl groups is 1. The summed E-state index contributed by atoms with van der Waals surface area (Å²) in [5, 5.41) is 11.1. The molecule has 0 aliphatic heterocycles. The van der Waals surface area contributed by atoms with Crippen molar-refractivity contribution >= 4 is 5.91 Å². The van der Waals surface area contributed by atoms with Gasteiger partial charge in [-0.25, -0.2) is 0 Å². The first-order chi connectivity index (χ1) is 16.9. The van der Waals surface area contributed by atoms with E-state index in [1.165, 1.54) is 83.5 Å². The van der Waals surface area contributed by atoms with Gasteiger partial charge in [0.25, 0.3) is 0 Å². The summed E-state index contributed by atoms with van der Waals surface area (Å²) >= 11 is 0. The van der Waals surface area contributed by atoms with Gasteiger partial charge < -0.3 is 10.8 Å². The van der Waals surface area contributed by atoms with E-state index < -0.39 is 0 Å². The smallest absolute Gasteiger partial charge is 0.218 e. The summed E-state index contributed by atoms with van der Waals surface area (Å²) in [7, 11) is 0. The largest absolute Gasteiger partial charge is 0.507 e. The summed E-state index contributed by atoms with van der Waals surface area (Å²) < 4.78 is 0. The molecule has 3 nitrogen and oxygen atoms in total. The van der Waals surface area contributed by atoms with Crippen molar-refractivity contribution in [1.29, 1.82) is 0 Å². The van der Waals surface area contributed by atoms with E-state index in [2.05, 4.69) is 60.6 Å². The van der Waals surface area contributed by atoms with E-state index in [1.807, 2.05) is 0 Å². The molecule has 3 N–H and O–H groups in total. The molecule has 1 atom stereocenters. The number of amides is 1. The average molecular weight is 502 g/mol. The monoisotopic (exact) mass is 501 g/mol. The number of phenolic OH excluding ortho intramolecular Hbond substituents is 1. The Hall–Kier alpha value is -1.51. The maximum absolute atomic E-state index is 11.9. The Morgan fingerprint density at radius 3 is 1.42 bits per heavy atom. The molecule has 0 aliphatic rings. The van der Waals surface area contributed by atoms with Crippen LogP contribution in [0.4, 0.5) is 0 Å². The van der Waals surface area contributed by atoms with Gasteiger partial charge in [0.1, 0.15) is 5.75 Å². The van der Waals surface area contributed by atoms with E-state index in [-0.39, 0.29) is 22.7 Å². The standard InChI is InChI=1S/C33H59NO2/c1-8-9-10-11-12-13-14-15-16-17-18-19-20-21-22-26(25-30(34)35)27-23-28(32(2,3)4)31(36)29(24-27)33(5,6)7/h23-24,26,36H,8-22,25H2,1-7H3,(H2,34,35). The summed E-state index contributed by atoms with van der Waals surface area (Å²) in [5.41, 5.74) is 8.39. The second-order valence-electron chi connectivity index (χ2n) is 13.2. The minimum atomic E-state index is -0.243. The first-order valence-electron chi connectivity index (χ1n) is 15.0. The normalized spacial score (nSPS) is 13.2. The zero-order valence-corrected chi connectivity index (χ0v) is 25.0. The number of hydrogen-bond acceptors (Lipinski definition) is 2. The number of primary amides is 1. The molecule has 0 saturated carbocycles. The van der Waals surface area contributed by atoms with Crippen molar-refractivity contribution in [2.45, 2.75) is 168 Å². The summed E-state index contributed by atoms with van der Waals surface area (Å²) in [6.07, 6.45) is 20.2. The fourth-order valence-electron chi connectivity index (χ4n) is 5.25. The van der Waals surface area contributed by atoms with Gasteiger partial charge in [-0.3, -0.25) is 4.79 Å². The molecular formula is C33H59NO2. The van der Waals surface area contributed by atoms with Crippen LogP contribution in [-0.2, 0) is 15.6 Å². The van der Waals surface area contributed by atoms with Gasteiger partial charge in [-0.2, -0.15) is 0 Å². The molecule has 1 unspecified atom stereocenters. The van der Waals surface area contributed by atoms with Crippen molar-refractivity contribution in [2.24, 2.45) is 5.73 Å². The molecule has 0 bridgehead atoms. The molecule has 1 amide bonds. The van der Waals surface area contributed by atoms with Crippen LogP contribution in [0.3, 0.4) is 0 Å². The van der Waals surface area contributed by atoms with Gasteiger partial charge in [0.05, 0.1) is 0 Å². The Labute approximate surface area is 224 Å². The molecule has 1 rings (SSSR count). The minimum absolute atomic E-state index is 0.114. The highest BCUT2D eigenvalue weighted by Gasteiger charge is 2.28. The van der Waals surface area contributed by atoms with Crippen LogP contribution >= 0.6 is 0 Å². The summed E-state index contributed by atoms with van der Waals surface area (Å²) in [5.74, 6) is 0.267. The lowest BCUT2D eigenvalue weighted by atomic mass is 9.76. The Kier molecular flexibility index (Phi) is 14.8. The molecule has 0 aliphatic carbocycles. The number of hydrogen-bond donors (Lipinski definition) is 2. The minimum Gasteiger partial charge on any atom is -0.507 e. The topological polar surface area (TPSA) is 63.3 Å². The zero-order chi connectivity index (χ0) is 27.2. The van der Waals surface area contributed by atoms with Crippen LogP contribution in [0.1, 0.15) is 174 Å². The van der Waals surface area contributed by atoms with Gasteiger partial charge in [0.15, 0.2) is 0 Å². The first kappa shape index (κ1) is 32.5. The Morgan fingerprint density at radius 1 is 0.722 bits per heavy atom. The number of rotatable bonds is 18. The first-order valence-corrected chi connectivity index (χ1v) is 15.0. The highest BCUT2D eigenvalue weighted by molar-refractivity contribution is 5.75. The fourth-order valence-corrected chi connectivity index (χ4v) is 5.25. The van der Waals surface area contributed by atoms with Crippen LogP contribution in [0.15, 0.2) is 12.1 Å². The Bertz CT molecular complexity index is 719. The molecule has 0 saturated heterocycles. The molecular weight excluding hydrogens is 442 g/mol. The van der Waals surface area contributed by atoms with E-state index in [0.29, 0.717) is 12.2 Å². The molecule has 0 radical (unpaired) electrons. The predicted molar refractivity (Wildman–Crippen MR) is 157 cm³/mol. The van der Waals surface area contributed by atoms with E-state index in [0.717, 1.165) is 29.5 Å². The molecule has 1 aromatic rings. The predicted octanol–water partition coefficient (Wildman–Crippen LogP) is 9.82. The summed E-state index contributed by atoms with van der Waals surface area (Å²) in [4.78, 5) is 11.9. The zero-order valence-electron chi connectivity index (χ0n) is 25.0. The average Bonchev–Trinajstić information content (AvgIpc) is 2.77. The third kappa shape index (κ3) is 12.6. The van der Waals surface area contributed by atoms with E-state index in [1.54, 1.807) is 0 Å². The molecule has 3 heteroatoms. The van der Waals surface area contributed by atoms with Crippen LogP contribution in [0.25, 0.3) is 0 Å². The lowest BCUT2D eigenvalue weighted by Crippen LogP contribution is -2.20. The van der Waals surface area contributed by atoms with Gasteiger partial charge in [0, 0.05) is 6.42 Å². The van der Waals surface area contributed by atoms with Gasteiger partial charge >= 0.3 is 0 Å². The molecule has 0 heterocycles. The molecule has 0 spiro atoms. The molecule has 0 fully saturated rings. The molecule has 0 aromatic heterocycles. The second-order valence-corrected chi connectivity index (χ2v) is 13.2. The second kappa shape index (κ2) is 16.4. The van der Waals surface area contributed by atoms with E-state index >= 15 is 0 Å². The Balaban J connectivity index is 2.56. The van der Waals surface area contributed by atoms with Gasteiger partial charge in [-0.05, 0) is 39.9 Å².